The number of aromatic nitrogens is 2. The van der Waals surface area contributed by atoms with Gasteiger partial charge in [0.05, 0.1) is 5.69 Å². The van der Waals surface area contributed by atoms with Crippen molar-refractivity contribution < 1.29 is 4.74 Å². The molecule has 1 fully saturated rings. The van der Waals surface area contributed by atoms with E-state index in [9.17, 15) is 0 Å². The molecule has 1 aliphatic heterocycles. The summed E-state index contributed by atoms with van der Waals surface area (Å²) < 4.78 is 5.67. The first-order valence-electron chi connectivity index (χ1n) is 5.25. The van der Waals surface area contributed by atoms with Crippen molar-refractivity contribution in [3.05, 3.63) is 18.1 Å². The van der Waals surface area contributed by atoms with E-state index in [-0.39, 0.29) is 11.5 Å². The maximum Gasteiger partial charge on any atom is 0.216 e. The van der Waals surface area contributed by atoms with E-state index in [0.717, 1.165) is 18.8 Å². The van der Waals surface area contributed by atoms with Crippen LogP contribution in [0.5, 0.6) is 5.88 Å². The Labute approximate surface area is 90.1 Å². The molecule has 0 unspecified atom stereocenters. The number of rotatable bonds is 2. The molecule has 1 saturated heterocycles. The molecule has 1 aromatic heterocycles. The minimum absolute atomic E-state index is 0.0406. The lowest BCUT2D eigenvalue weighted by Gasteiger charge is -2.27. The highest BCUT2D eigenvalue weighted by molar-refractivity contribution is 5.20. The Balaban J connectivity index is 2.11. The quantitative estimate of drug-likeness (QED) is 0.789. The zero-order valence-corrected chi connectivity index (χ0v) is 9.45. The normalized spacial score (nSPS) is 17.3. The van der Waals surface area contributed by atoms with Gasteiger partial charge in [0, 0.05) is 24.6 Å². The van der Waals surface area contributed by atoms with Crippen molar-refractivity contribution in [2.75, 3.05) is 13.1 Å². The highest BCUT2D eigenvalue weighted by Crippen LogP contribution is 2.22. The standard InChI is InChI=1S/C11H17N3O/c1-11(2,3)9-4-10(14-7-13-9)15-8-5-12-6-8/h4,7-8,12H,5-6H2,1-3H3. The Morgan fingerprint density at radius 3 is 2.60 bits per heavy atom. The fourth-order valence-corrected chi connectivity index (χ4v) is 1.33. The van der Waals surface area contributed by atoms with Crippen LogP contribution in [0.4, 0.5) is 0 Å². The monoisotopic (exact) mass is 207 g/mol. The summed E-state index contributed by atoms with van der Waals surface area (Å²) >= 11 is 0. The SMILES string of the molecule is CC(C)(C)c1cc(OC2CNC2)ncn1. The van der Waals surface area contributed by atoms with E-state index in [1.807, 2.05) is 6.07 Å². The maximum atomic E-state index is 5.67. The van der Waals surface area contributed by atoms with E-state index in [1.54, 1.807) is 6.33 Å². The Bertz CT molecular complexity index is 342. The Kier molecular flexibility index (Phi) is 2.61. The smallest absolute Gasteiger partial charge is 0.216 e. The molecule has 15 heavy (non-hydrogen) atoms. The second kappa shape index (κ2) is 3.77. The van der Waals surface area contributed by atoms with Gasteiger partial charge in [-0.05, 0) is 0 Å². The van der Waals surface area contributed by atoms with Crippen LogP contribution in [0.15, 0.2) is 12.4 Å². The van der Waals surface area contributed by atoms with Gasteiger partial charge in [0.1, 0.15) is 12.4 Å². The fourth-order valence-electron chi connectivity index (χ4n) is 1.33. The molecule has 4 heteroatoms. The molecule has 0 atom stereocenters. The number of nitrogens with zero attached hydrogens (tertiary/aromatic N) is 2. The topological polar surface area (TPSA) is 47.0 Å². The van der Waals surface area contributed by atoms with Gasteiger partial charge in [-0.15, -0.1) is 0 Å². The lowest BCUT2D eigenvalue weighted by atomic mass is 9.92. The summed E-state index contributed by atoms with van der Waals surface area (Å²) in [6.45, 7) is 8.21. The molecular weight excluding hydrogens is 190 g/mol. The Morgan fingerprint density at radius 2 is 2.07 bits per heavy atom. The third-order valence-corrected chi connectivity index (χ3v) is 2.44. The van der Waals surface area contributed by atoms with Gasteiger partial charge in [0.15, 0.2) is 0 Å². The zero-order chi connectivity index (χ0) is 10.9. The van der Waals surface area contributed by atoms with E-state index in [2.05, 4.69) is 36.1 Å². The predicted octanol–water partition coefficient (Wildman–Crippen LogP) is 1.12. The first-order chi connectivity index (χ1) is 7.05. The maximum absolute atomic E-state index is 5.67. The highest BCUT2D eigenvalue weighted by Gasteiger charge is 2.21. The lowest BCUT2D eigenvalue weighted by molar-refractivity contribution is 0.135. The molecule has 1 N–H and O–H groups in total. The van der Waals surface area contributed by atoms with Crippen LogP contribution < -0.4 is 10.1 Å². The van der Waals surface area contributed by atoms with Crippen molar-refractivity contribution in [1.82, 2.24) is 15.3 Å². The second-order valence-corrected chi connectivity index (χ2v) is 4.89. The van der Waals surface area contributed by atoms with Crippen LogP contribution >= 0.6 is 0 Å². The predicted molar refractivity (Wildman–Crippen MR) is 58.0 cm³/mol. The summed E-state index contributed by atoms with van der Waals surface area (Å²) in [6, 6.07) is 1.93. The van der Waals surface area contributed by atoms with Crippen LogP contribution in [0.1, 0.15) is 26.5 Å². The third-order valence-electron chi connectivity index (χ3n) is 2.44. The van der Waals surface area contributed by atoms with Crippen molar-refractivity contribution in [2.45, 2.75) is 32.3 Å². The van der Waals surface area contributed by atoms with Crippen molar-refractivity contribution in [3.63, 3.8) is 0 Å². The van der Waals surface area contributed by atoms with Crippen molar-refractivity contribution >= 4 is 0 Å². The molecule has 2 rings (SSSR count). The van der Waals surface area contributed by atoms with Crippen molar-refractivity contribution in [2.24, 2.45) is 0 Å². The second-order valence-electron chi connectivity index (χ2n) is 4.89. The van der Waals surface area contributed by atoms with Gasteiger partial charge in [0.25, 0.3) is 0 Å². The first-order valence-corrected chi connectivity index (χ1v) is 5.25. The van der Waals surface area contributed by atoms with E-state index >= 15 is 0 Å². The lowest BCUT2D eigenvalue weighted by Crippen LogP contribution is -2.50. The van der Waals surface area contributed by atoms with Gasteiger partial charge in [0.2, 0.25) is 5.88 Å². The molecule has 82 valence electrons. The van der Waals surface area contributed by atoms with Gasteiger partial charge in [-0.25, -0.2) is 9.97 Å². The molecule has 0 amide bonds. The molecule has 0 bridgehead atoms. The molecule has 0 aliphatic carbocycles. The van der Waals surface area contributed by atoms with E-state index in [1.165, 1.54) is 0 Å². The van der Waals surface area contributed by atoms with Crippen molar-refractivity contribution in [1.29, 1.82) is 0 Å². The molecule has 0 saturated carbocycles. The van der Waals surface area contributed by atoms with E-state index in [0.29, 0.717) is 5.88 Å². The summed E-state index contributed by atoms with van der Waals surface area (Å²) in [5.74, 6) is 0.682. The minimum Gasteiger partial charge on any atom is -0.472 e. The summed E-state index contributed by atoms with van der Waals surface area (Å²) in [5, 5.41) is 3.16. The minimum atomic E-state index is 0.0406. The number of ether oxygens (including phenoxy) is 1. The van der Waals surface area contributed by atoms with E-state index in [4.69, 9.17) is 4.74 Å². The molecule has 0 spiro atoms. The summed E-state index contributed by atoms with van der Waals surface area (Å²) in [4.78, 5) is 8.37. The zero-order valence-electron chi connectivity index (χ0n) is 9.45. The molecule has 0 radical (unpaired) electrons. The van der Waals surface area contributed by atoms with Crippen LogP contribution in [0, 0.1) is 0 Å². The van der Waals surface area contributed by atoms with Crippen molar-refractivity contribution in [3.8, 4) is 5.88 Å². The van der Waals surface area contributed by atoms with Crippen LogP contribution in [0.25, 0.3) is 0 Å². The van der Waals surface area contributed by atoms with Gasteiger partial charge in [-0.3, -0.25) is 0 Å². The largest absolute Gasteiger partial charge is 0.472 e. The average Bonchev–Trinajstić information content (AvgIpc) is 2.11. The Morgan fingerprint density at radius 1 is 1.33 bits per heavy atom. The van der Waals surface area contributed by atoms with Crippen LogP contribution in [0.2, 0.25) is 0 Å². The number of nitrogens with one attached hydrogen (secondary N) is 1. The molecule has 2 heterocycles. The highest BCUT2D eigenvalue weighted by atomic mass is 16.5. The molecule has 1 aromatic rings. The average molecular weight is 207 g/mol. The van der Waals surface area contributed by atoms with Crippen LogP contribution in [-0.2, 0) is 5.41 Å². The van der Waals surface area contributed by atoms with Crippen LogP contribution in [0.3, 0.4) is 0 Å². The Hall–Kier alpha value is -1.16. The fraction of sp³-hybridized carbons (Fsp3) is 0.636. The molecule has 1 aliphatic rings. The first kappa shape index (κ1) is 10.4. The van der Waals surface area contributed by atoms with E-state index < -0.39 is 0 Å². The van der Waals surface area contributed by atoms with Gasteiger partial charge >= 0.3 is 0 Å². The summed E-state index contributed by atoms with van der Waals surface area (Å²) in [5.41, 5.74) is 1.05. The summed E-state index contributed by atoms with van der Waals surface area (Å²) in [7, 11) is 0. The van der Waals surface area contributed by atoms with Gasteiger partial charge < -0.3 is 10.1 Å². The van der Waals surface area contributed by atoms with Gasteiger partial charge in [-0.1, -0.05) is 20.8 Å². The summed E-state index contributed by atoms with van der Waals surface area (Å²) in [6.07, 6.45) is 1.84. The molecular formula is C11H17N3O. The molecule has 0 aromatic carbocycles. The van der Waals surface area contributed by atoms with Crippen LogP contribution in [-0.4, -0.2) is 29.2 Å². The van der Waals surface area contributed by atoms with Gasteiger partial charge in [-0.2, -0.15) is 0 Å². The third kappa shape index (κ3) is 2.45. The molecule has 4 nitrogen and oxygen atoms in total. The number of hydrogen-bond donors (Lipinski definition) is 1. The number of hydrogen-bond acceptors (Lipinski definition) is 4.